The van der Waals surface area contributed by atoms with Gasteiger partial charge in [0.25, 0.3) is 0 Å². The maximum atomic E-state index is 11.8. The molecule has 116 valence electrons. The van der Waals surface area contributed by atoms with Gasteiger partial charge in [0.05, 0.1) is 12.7 Å². The summed E-state index contributed by atoms with van der Waals surface area (Å²) in [7, 11) is 2.84. The van der Waals surface area contributed by atoms with Gasteiger partial charge in [-0.15, -0.1) is 0 Å². The summed E-state index contributed by atoms with van der Waals surface area (Å²) in [6, 6.07) is 10.2. The Hall–Kier alpha value is -1.75. The number of hydrogen-bond donors (Lipinski definition) is 0. The van der Waals surface area contributed by atoms with Crippen molar-refractivity contribution in [3.05, 3.63) is 52.0 Å². The standard InChI is InChI=1S/C16H14Cl2O4/c1-20-9-22-15-6-10(3-12(7-15)16(19)21-2)11-4-13(17)8-14(18)5-11/h3-8H,9H2,1-2H3. The zero-order chi connectivity index (χ0) is 16.1. The van der Waals surface area contributed by atoms with E-state index in [4.69, 9.17) is 37.4 Å². The molecule has 0 aromatic heterocycles. The minimum Gasteiger partial charge on any atom is -0.468 e. The lowest BCUT2D eigenvalue weighted by molar-refractivity contribution is 0.0504. The van der Waals surface area contributed by atoms with Crippen LogP contribution in [0.25, 0.3) is 11.1 Å². The van der Waals surface area contributed by atoms with Crippen LogP contribution in [0.3, 0.4) is 0 Å². The number of ether oxygens (including phenoxy) is 3. The molecule has 0 spiro atoms. The van der Waals surface area contributed by atoms with Crippen LogP contribution in [-0.4, -0.2) is 27.0 Å². The molecule has 0 aliphatic heterocycles. The lowest BCUT2D eigenvalue weighted by atomic mass is 10.0. The van der Waals surface area contributed by atoms with Crippen molar-refractivity contribution in [1.29, 1.82) is 0 Å². The summed E-state index contributed by atoms with van der Waals surface area (Å²) in [6.45, 7) is 0.0698. The summed E-state index contributed by atoms with van der Waals surface area (Å²) >= 11 is 12.1. The third-order valence-electron chi connectivity index (χ3n) is 2.87. The minimum atomic E-state index is -0.461. The van der Waals surface area contributed by atoms with E-state index < -0.39 is 5.97 Å². The summed E-state index contributed by atoms with van der Waals surface area (Å²) in [5, 5.41) is 1.01. The molecule has 0 aliphatic carbocycles. The van der Waals surface area contributed by atoms with E-state index in [2.05, 4.69) is 0 Å². The van der Waals surface area contributed by atoms with Crippen LogP contribution in [0.15, 0.2) is 36.4 Å². The van der Waals surface area contributed by atoms with Crippen LogP contribution < -0.4 is 4.74 Å². The molecular formula is C16H14Cl2O4. The van der Waals surface area contributed by atoms with Gasteiger partial charge < -0.3 is 14.2 Å². The first kappa shape index (κ1) is 16.6. The molecule has 0 bridgehead atoms. The molecule has 2 rings (SSSR count). The van der Waals surface area contributed by atoms with Crippen molar-refractivity contribution in [3.63, 3.8) is 0 Å². The number of halogens is 2. The van der Waals surface area contributed by atoms with Gasteiger partial charge in [-0.3, -0.25) is 0 Å². The maximum absolute atomic E-state index is 11.8. The van der Waals surface area contributed by atoms with Crippen LogP contribution >= 0.6 is 23.2 Å². The zero-order valence-corrected chi connectivity index (χ0v) is 13.6. The quantitative estimate of drug-likeness (QED) is 0.596. The average molecular weight is 341 g/mol. The highest BCUT2D eigenvalue weighted by Crippen LogP contribution is 2.31. The van der Waals surface area contributed by atoms with Gasteiger partial charge in [-0.25, -0.2) is 4.79 Å². The molecule has 0 aliphatic rings. The first-order valence-corrected chi connectivity index (χ1v) is 7.10. The van der Waals surface area contributed by atoms with Crippen molar-refractivity contribution in [2.75, 3.05) is 21.0 Å². The summed E-state index contributed by atoms with van der Waals surface area (Å²) in [4.78, 5) is 11.8. The van der Waals surface area contributed by atoms with E-state index in [-0.39, 0.29) is 6.79 Å². The number of esters is 1. The number of carbonyl (C=O) groups excluding carboxylic acids is 1. The Bertz CT molecular complexity index is 666. The molecule has 0 saturated heterocycles. The van der Waals surface area contributed by atoms with Crippen LogP contribution in [0.5, 0.6) is 5.75 Å². The molecule has 0 heterocycles. The highest BCUT2D eigenvalue weighted by molar-refractivity contribution is 6.35. The van der Waals surface area contributed by atoms with E-state index in [0.717, 1.165) is 11.1 Å². The van der Waals surface area contributed by atoms with Gasteiger partial charge in [-0.2, -0.15) is 0 Å². The fourth-order valence-electron chi connectivity index (χ4n) is 1.93. The van der Waals surface area contributed by atoms with Gasteiger partial charge in [0.15, 0.2) is 6.79 Å². The minimum absolute atomic E-state index is 0.0698. The summed E-state index contributed by atoms with van der Waals surface area (Å²) in [5.41, 5.74) is 1.87. The van der Waals surface area contributed by atoms with Gasteiger partial charge in [-0.05, 0) is 47.5 Å². The summed E-state index contributed by atoms with van der Waals surface area (Å²) < 4.78 is 15.0. The van der Waals surface area contributed by atoms with Crippen LogP contribution in [0.1, 0.15) is 10.4 Å². The van der Waals surface area contributed by atoms with Crippen molar-refractivity contribution in [2.45, 2.75) is 0 Å². The van der Waals surface area contributed by atoms with E-state index in [1.54, 1.807) is 36.4 Å². The van der Waals surface area contributed by atoms with Crippen LogP contribution in [-0.2, 0) is 9.47 Å². The van der Waals surface area contributed by atoms with Crippen LogP contribution in [0.4, 0.5) is 0 Å². The smallest absolute Gasteiger partial charge is 0.338 e. The number of benzene rings is 2. The highest BCUT2D eigenvalue weighted by Gasteiger charge is 2.12. The van der Waals surface area contributed by atoms with Crippen molar-refractivity contribution in [2.24, 2.45) is 0 Å². The Kier molecular flexibility index (Phi) is 5.66. The van der Waals surface area contributed by atoms with Crippen molar-refractivity contribution >= 4 is 29.2 Å². The third kappa shape index (κ3) is 4.13. The second-order valence-corrected chi connectivity index (χ2v) is 5.32. The molecule has 0 unspecified atom stereocenters. The Balaban J connectivity index is 2.50. The van der Waals surface area contributed by atoms with Crippen LogP contribution in [0.2, 0.25) is 10.0 Å². The van der Waals surface area contributed by atoms with Gasteiger partial charge in [0.2, 0.25) is 0 Å². The van der Waals surface area contributed by atoms with Gasteiger partial charge in [0.1, 0.15) is 5.75 Å². The van der Waals surface area contributed by atoms with Crippen molar-refractivity contribution < 1.29 is 19.0 Å². The van der Waals surface area contributed by atoms with Gasteiger partial charge in [-0.1, -0.05) is 23.2 Å². The number of rotatable bonds is 5. The first-order valence-electron chi connectivity index (χ1n) is 6.35. The molecule has 0 atom stereocenters. The number of methoxy groups -OCH3 is 2. The fraction of sp³-hybridized carbons (Fsp3) is 0.188. The predicted octanol–water partition coefficient (Wildman–Crippen LogP) is 4.43. The Morgan fingerprint density at radius 3 is 2.18 bits per heavy atom. The molecule has 4 nitrogen and oxygen atoms in total. The van der Waals surface area contributed by atoms with E-state index in [0.29, 0.717) is 21.4 Å². The SMILES string of the molecule is COCOc1cc(C(=O)OC)cc(-c2cc(Cl)cc(Cl)c2)c1. The molecule has 22 heavy (non-hydrogen) atoms. The molecule has 2 aromatic rings. The monoisotopic (exact) mass is 340 g/mol. The Morgan fingerprint density at radius 2 is 1.59 bits per heavy atom. The highest BCUT2D eigenvalue weighted by atomic mass is 35.5. The van der Waals surface area contributed by atoms with E-state index in [9.17, 15) is 4.79 Å². The molecule has 2 aromatic carbocycles. The Morgan fingerprint density at radius 1 is 0.955 bits per heavy atom. The topological polar surface area (TPSA) is 44.8 Å². The van der Waals surface area contributed by atoms with Gasteiger partial charge in [0, 0.05) is 17.2 Å². The van der Waals surface area contributed by atoms with Crippen molar-refractivity contribution in [3.8, 4) is 16.9 Å². The van der Waals surface area contributed by atoms with Crippen molar-refractivity contribution in [1.82, 2.24) is 0 Å². The largest absolute Gasteiger partial charge is 0.468 e. The average Bonchev–Trinajstić information content (AvgIpc) is 2.50. The molecule has 0 amide bonds. The van der Waals surface area contributed by atoms with Gasteiger partial charge >= 0.3 is 5.97 Å². The lowest BCUT2D eigenvalue weighted by Gasteiger charge is -2.11. The molecule has 6 heteroatoms. The lowest BCUT2D eigenvalue weighted by Crippen LogP contribution is -2.04. The second kappa shape index (κ2) is 7.49. The normalized spacial score (nSPS) is 10.4. The van der Waals surface area contributed by atoms with E-state index in [1.807, 2.05) is 0 Å². The molecular weight excluding hydrogens is 327 g/mol. The second-order valence-electron chi connectivity index (χ2n) is 4.45. The van der Waals surface area contributed by atoms with E-state index >= 15 is 0 Å². The molecule has 0 radical (unpaired) electrons. The summed E-state index contributed by atoms with van der Waals surface area (Å²) in [6.07, 6.45) is 0. The number of carbonyl (C=O) groups is 1. The fourth-order valence-corrected chi connectivity index (χ4v) is 2.46. The maximum Gasteiger partial charge on any atom is 0.338 e. The zero-order valence-electron chi connectivity index (χ0n) is 12.1. The molecule has 0 fully saturated rings. The molecule has 0 N–H and O–H groups in total. The number of hydrogen-bond acceptors (Lipinski definition) is 4. The summed E-state index contributed by atoms with van der Waals surface area (Å²) in [5.74, 6) is 0.0214. The third-order valence-corrected chi connectivity index (χ3v) is 3.30. The molecule has 0 saturated carbocycles. The predicted molar refractivity (Wildman–Crippen MR) is 85.7 cm³/mol. The van der Waals surface area contributed by atoms with E-state index in [1.165, 1.54) is 14.2 Å². The first-order chi connectivity index (χ1) is 10.5. The Labute approximate surface area is 138 Å². The van der Waals surface area contributed by atoms with Crippen LogP contribution in [0, 0.1) is 0 Å².